The third-order valence-corrected chi connectivity index (χ3v) is 6.88. The SMILES string of the molecule is COC(=O)c1sccc1S(=O)(=O)NCCCN1CCC(C(=O)OC)CC1. The number of nitrogens with zero attached hydrogens (tertiary/aromatic N) is 1. The summed E-state index contributed by atoms with van der Waals surface area (Å²) in [7, 11) is -1.13. The van der Waals surface area contributed by atoms with Crippen molar-refractivity contribution in [3.8, 4) is 0 Å². The van der Waals surface area contributed by atoms with Crippen LogP contribution in [0.1, 0.15) is 28.9 Å². The fourth-order valence-corrected chi connectivity index (χ4v) is 5.30. The predicted molar refractivity (Wildman–Crippen MR) is 96.6 cm³/mol. The van der Waals surface area contributed by atoms with E-state index in [2.05, 4.69) is 14.4 Å². The Morgan fingerprint density at radius 3 is 2.58 bits per heavy atom. The van der Waals surface area contributed by atoms with E-state index in [1.165, 1.54) is 20.3 Å². The molecule has 0 atom stereocenters. The number of carbonyl (C=O) groups excluding carboxylic acids is 2. The Balaban J connectivity index is 1.77. The number of ether oxygens (including phenoxy) is 2. The smallest absolute Gasteiger partial charge is 0.349 e. The zero-order chi connectivity index (χ0) is 19.2. The quantitative estimate of drug-likeness (QED) is 0.511. The van der Waals surface area contributed by atoms with Gasteiger partial charge >= 0.3 is 11.9 Å². The van der Waals surface area contributed by atoms with Gasteiger partial charge in [-0.15, -0.1) is 11.3 Å². The average molecular weight is 405 g/mol. The summed E-state index contributed by atoms with van der Waals surface area (Å²) in [5, 5.41) is 1.55. The summed E-state index contributed by atoms with van der Waals surface area (Å²) < 4.78 is 36.6. The van der Waals surface area contributed by atoms with Crippen molar-refractivity contribution in [3.05, 3.63) is 16.3 Å². The van der Waals surface area contributed by atoms with Crippen LogP contribution in [0.5, 0.6) is 0 Å². The van der Waals surface area contributed by atoms with E-state index in [1.54, 1.807) is 5.38 Å². The molecule has 0 spiro atoms. The molecule has 1 fully saturated rings. The van der Waals surface area contributed by atoms with Crippen LogP contribution in [0.15, 0.2) is 16.3 Å². The number of sulfonamides is 1. The van der Waals surface area contributed by atoms with Crippen molar-refractivity contribution in [1.29, 1.82) is 0 Å². The maximum atomic E-state index is 12.4. The Morgan fingerprint density at radius 1 is 1.27 bits per heavy atom. The van der Waals surface area contributed by atoms with Crippen molar-refractivity contribution in [2.24, 2.45) is 5.92 Å². The molecule has 8 nitrogen and oxygen atoms in total. The molecule has 1 aromatic heterocycles. The molecule has 26 heavy (non-hydrogen) atoms. The molecule has 1 aliphatic heterocycles. The highest BCUT2D eigenvalue weighted by Gasteiger charge is 2.26. The Kier molecular flexibility index (Phi) is 7.56. The molecule has 1 saturated heterocycles. The zero-order valence-corrected chi connectivity index (χ0v) is 16.5. The first-order valence-electron chi connectivity index (χ1n) is 8.34. The fourth-order valence-electron chi connectivity index (χ4n) is 2.90. The van der Waals surface area contributed by atoms with Crippen LogP contribution in [0, 0.1) is 5.92 Å². The van der Waals surface area contributed by atoms with Crippen molar-refractivity contribution in [2.45, 2.75) is 24.2 Å². The molecular formula is C16H24N2O6S2. The Labute approximate surface area is 157 Å². The van der Waals surface area contributed by atoms with Crippen molar-refractivity contribution < 1.29 is 27.5 Å². The number of esters is 2. The number of likely N-dealkylation sites (tertiary alicyclic amines) is 1. The van der Waals surface area contributed by atoms with E-state index in [0.29, 0.717) is 6.42 Å². The van der Waals surface area contributed by atoms with Gasteiger partial charge in [-0.05, 0) is 50.3 Å². The molecule has 0 radical (unpaired) electrons. The largest absolute Gasteiger partial charge is 0.469 e. The van der Waals surface area contributed by atoms with Gasteiger partial charge in [-0.1, -0.05) is 0 Å². The Bertz CT molecular complexity index is 723. The van der Waals surface area contributed by atoms with Gasteiger partial charge in [0.05, 0.1) is 20.1 Å². The second-order valence-electron chi connectivity index (χ2n) is 6.00. The maximum Gasteiger partial charge on any atom is 0.349 e. The molecule has 0 amide bonds. The summed E-state index contributed by atoms with van der Waals surface area (Å²) in [6, 6.07) is 1.40. The highest BCUT2D eigenvalue weighted by atomic mass is 32.2. The lowest BCUT2D eigenvalue weighted by Gasteiger charge is -2.30. The number of hydrogen-bond acceptors (Lipinski definition) is 8. The molecule has 0 aromatic carbocycles. The minimum Gasteiger partial charge on any atom is -0.469 e. The standard InChI is InChI=1S/C16H24N2O6S2/c1-23-15(19)12-4-9-18(10-5-12)8-3-7-17-26(21,22)13-6-11-25-14(13)16(20)24-2/h6,11-12,17H,3-5,7-10H2,1-2H3. The van der Waals surface area contributed by atoms with Crippen molar-refractivity contribution in [3.63, 3.8) is 0 Å². The van der Waals surface area contributed by atoms with Crippen LogP contribution in [0.3, 0.4) is 0 Å². The fraction of sp³-hybridized carbons (Fsp3) is 0.625. The Hall–Kier alpha value is -1.49. The topological polar surface area (TPSA) is 102 Å². The second kappa shape index (κ2) is 9.45. The first-order chi connectivity index (χ1) is 12.4. The van der Waals surface area contributed by atoms with E-state index in [4.69, 9.17) is 4.74 Å². The van der Waals surface area contributed by atoms with Gasteiger partial charge in [0.15, 0.2) is 0 Å². The number of nitrogens with one attached hydrogen (secondary N) is 1. The number of rotatable bonds is 8. The van der Waals surface area contributed by atoms with Crippen LogP contribution >= 0.6 is 11.3 Å². The Morgan fingerprint density at radius 2 is 1.96 bits per heavy atom. The average Bonchev–Trinajstić information content (AvgIpc) is 3.15. The predicted octanol–water partition coefficient (Wildman–Crippen LogP) is 1.09. The second-order valence-corrected chi connectivity index (χ2v) is 8.65. The lowest BCUT2D eigenvalue weighted by Crippen LogP contribution is -2.38. The van der Waals surface area contributed by atoms with Gasteiger partial charge in [-0.2, -0.15) is 0 Å². The first kappa shape index (κ1) is 20.8. The molecule has 2 rings (SSSR count). The van der Waals surface area contributed by atoms with E-state index in [1.807, 2.05) is 0 Å². The van der Waals surface area contributed by atoms with Crippen LogP contribution in [0.25, 0.3) is 0 Å². The monoisotopic (exact) mass is 404 g/mol. The summed E-state index contributed by atoms with van der Waals surface area (Å²) in [5.74, 6) is -0.853. The lowest BCUT2D eigenvalue weighted by molar-refractivity contribution is -0.147. The normalized spacial score (nSPS) is 16.4. The maximum absolute atomic E-state index is 12.4. The van der Waals surface area contributed by atoms with E-state index < -0.39 is 16.0 Å². The number of thiophene rings is 1. The van der Waals surface area contributed by atoms with Crippen LogP contribution in [-0.4, -0.2) is 65.7 Å². The summed E-state index contributed by atoms with van der Waals surface area (Å²) in [6.45, 7) is 2.60. The van der Waals surface area contributed by atoms with Crippen LogP contribution in [0.4, 0.5) is 0 Å². The lowest BCUT2D eigenvalue weighted by atomic mass is 9.97. The third-order valence-electron chi connectivity index (χ3n) is 4.35. The number of carbonyl (C=O) groups is 2. The summed E-state index contributed by atoms with van der Waals surface area (Å²) in [6.07, 6.45) is 2.16. The minimum absolute atomic E-state index is 0.0370. The molecule has 146 valence electrons. The van der Waals surface area contributed by atoms with Crippen LogP contribution in [0.2, 0.25) is 0 Å². The molecule has 10 heteroatoms. The van der Waals surface area contributed by atoms with Crippen molar-refractivity contribution in [1.82, 2.24) is 9.62 Å². The summed E-state index contributed by atoms with van der Waals surface area (Å²) in [5.41, 5.74) is 0. The number of piperidine rings is 1. The van der Waals surface area contributed by atoms with Crippen LogP contribution < -0.4 is 4.72 Å². The van der Waals surface area contributed by atoms with Gasteiger partial charge in [-0.25, -0.2) is 17.9 Å². The molecule has 2 heterocycles. The zero-order valence-electron chi connectivity index (χ0n) is 14.9. The number of methoxy groups -OCH3 is 2. The molecular weight excluding hydrogens is 380 g/mol. The summed E-state index contributed by atoms with van der Waals surface area (Å²) in [4.78, 5) is 25.4. The molecule has 0 aliphatic carbocycles. The van der Waals surface area contributed by atoms with Crippen molar-refractivity contribution >= 4 is 33.3 Å². The highest BCUT2D eigenvalue weighted by molar-refractivity contribution is 7.89. The van der Waals surface area contributed by atoms with Gasteiger partial charge in [0, 0.05) is 6.54 Å². The molecule has 0 unspecified atom stereocenters. The van der Waals surface area contributed by atoms with Gasteiger partial charge < -0.3 is 14.4 Å². The molecule has 1 aromatic rings. The highest BCUT2D eigenvalue weighted by Crippen LogP contribution is 2.22. The van der Waals surface area contributed by atoms with E-state index in [-0.39, 0.29) is 28.2 Å². The van der Waals surface area contributed by atoms with E-state index in [9.17, 15) is 18.0 Å². The van der Waals surface area contributed by atoms with Crippen LogP contribution in [-0.2, 0) is 24.3 Å². The van der Waals surface area contributed by atoms with E-state index in [0.717, 1.165) is 43.8 Å². The molecule has 0 bridgehead atoms. The van der Waals surface area contributed by atoms with Gasteiger partial charge in [-0.3, -0.25) is 4.79 Å². The molecule has 1 aliphatic rings. The first-order valence-corrected chi connectivity index (χ1v) is 10.7. The van der Waals surface area contributed by atoms with Gasteiger partial charge in [0.25, 0.3) is 0 Å². The van der Waals surface area contributed by atoms with E-state index >= 15 is 0 Å². The summed E-state index contributed by atoms with van der Waals surface area (Å²) >= 11 is 1.04. The minimum atomic E-state index is -3.75. The number of hydrogen-bond donors (Lipinski definition) is 1. The molecule has 0 saturated carbocycles. The molecule has 1 N–H and O–H groups in total. The van der Waals surface area contributed by atoms with Crippen molar-refractivity contribution in [2.75, 3.05) is 40.4 Å². The van der Waals surface area contributed by atoms with Gasteiger partial charge in [0.2, 0.25) is 10.0 Å². The third kappa shape index (κ3) is 5.26. The van der Waals surface area contributed by atoms with Gasteiger partial charge in [0.1, 0.15) is 9.77 Å².